The van der Waals surface area contributed by atoms with Crippen LogP contribution in [0.5, 0.6) is 0 Å². The number of nitrogens with zero attached hydrogens (tertiary/aromatic N) is 4. The molecule has 0 spiro atoms. The smallest absolute Gasteiger partial charge is 0.254 e. The van der Waals surface area contributed by atoms with E-state index >= 15 is 0 Å². The van der Waals surface area contributed by atoms with Gasteiger partial charge in [0.25, 0.3) is 11.0 Å². The molecular weight excluding hydrogens is 160 g/mol. The Kier molecular flexibility index (Phi) is 2.02. The molecule has 0 atom stereocenters. The zero-order valence-electron chi connectivity index (χ0n) is 4.91. The normalized spacial score (nSPS) is 18.6. The molecule has 3 aliphatic heterocycles. The maximum atomic E-state index is 8.59. The van der Waals surface area contributed by atoms with Crippen LogP contribution in [0.1, 0.15) is 0 Å². The van der Waals surface area contributed by atoms with Gasteiger partial charge in [0.05, 0.1) is 0 Å². The van der Waals surface area contributed by atoms with Crippen molar-refractivity contribution in [3.05, 3.63) is 0 Å². The molecule has 3 heterocycles. The second-order valence-electron chi connectivity index (χ2n) is 1.71. The molecule has 7 nitrogen and oxygen atoms in total. The third-order valence-electron chi connectivity index (χ3n) is 0.946. The molecule has 0 aliphatic carbocycles. The van der Waals surface area contributed by atoms with E-state index in [9.17, 15) is 0 Å². The molecule has 3 rings (SSSR count). The molecule has 2 bridgehead atoms. The van der Waals surface area contributed by atoms with Gasteiger partial charge in [0, 0.05) is 0 Å². The Balaban J connectivity index is 0.000000112. The van der Waals surface area contributed by atoms with Gasteiger partial charge < -0.3 is 0 Å². The van der Waals surface area contributed by atoms with Gasteiger partial charge in [0.1, 0.15) is 13.3 Å². The molecule has 0 aromatic rings. The van der Waals surface area contributed by atoms with Crippen molar-refractivity contribution in [1.82, 2.24) is 10.0 Å². The molecular formula is C2H6N4O3S. The Morgan fingerprint density at radius 3 is 1.60 bits per heavy atom. The highest BCUT2D eigenvalue weighted by Gasteiger charge is 2.27. The topological polar surface area (TPSA) is 85.6 Å². The predicted octanol–water partition coefficient (Wildman–Crippen LogP) is -1.11. The molecule has 0 amide bonds. The van der Waals surface area contributed by atoms with Crippen LogP contribution in [0.4, 0.5) is 0 Å². The standard InChI is InChI=1S/C2H4N4.H2O3S/c1-5-2-6(1)4-3-5;1-4(2)3/h1-2H2;4H,(H,1,2,3). The van der Waals surface area contributed by atoms with Gasteiger partial charge in [-0.05, 0) is 10.4 Å². The van der Waals surface area contributed by atoms with E-state index in [-0.39, 0.29) is 0 Å². The highest BCUT2D eigenvalue weighted by molar-refractivity contribution is 7.66. The van der Waals surface area contributed by atoms with Crippen LogP contribution >= 0.6 is 0 Å². The van der Waals surface area contributed by atoms with Crippen molar-refractivity contribution >= 4 is 11.0 Å². The fourth-order valence-electron chi connectivity index (χ4n) is 0.562. The first-order valence-corrected chi connectivity index (χ1v) is 3.56. The Hall–Kier alpha value is -0.890. The lowest BCUT2D eigenvalue weighted by Gasteiger charge is -2.25. The minimum atomic E-state index is -3.12. The van der Waals surface area contributed by atoms with Crippen LogP contribution in [0.15, 0.2) is 10.4 Å². The van der Waals surface area contributed by atoms with Gasteiger partial charge in [-0.15, -0.1) is 0 Å². The summed E-state index contributed by atoms with van der Waals surface area (Å²) in [5.74, 6) is 0. The third kappa shape index (κ3) is 1.81. The predicted molar refractivity (Wildman–Crippen MR) is 31.2 cm³/mol. The number of hydrogen-bond acceptors (Lipinski definition) is 6. The Morgan fingerprint density at radius 1 is 1.20 bits per heavy atom. The highest BCUT2D eigenvalue weighted by atomic mass is 32.2. The summed E-state index contributed by atoms with van der Waals surface area (Å²) in [4.78, 5) is 0. The van der Waals surface area contributed by atoms with Gasteiger partial charge >= 0.3 is 0 Å². The van der Waals surface area contributed by atoms with Crippen molar-refractivity contribution in [3.8, 4) is 0 Å². The summed E-state index contributed by atoms with van der Waals surface area (Å²) in [6.45, 7) is 1.83. The summed E-state index contributed by atoms with van der Waals surface area (Å²) < 4.78 is 24.2. The molecule has 58 valence electrons. The van der Waals surface area contributed by atoms with E-state index in [1.54, 1.807) is 0 Å². The summed E-state index contributed by atoms with van der Waals surface area (Å²) in [6.07, 6.45) is 0. The van der Waals surface area contributed by atoms with E-state index in [0.29, 0.717) is 0 Å². The van der Waals surface area contributed by atoms with E-state index < -0.39 is 11.0 Å². The average Bonchev–Trinajstić information content (AvgIpc) is 2.11. The first kappa shape index (κ1) is 7.22. The van der Waals surface area contributed by atoms with E-state index in [1.807, 2.05) is 10.0 Å². The first-order chi connectivity index (χ1) is 4.68. The maximum Gasteiger partial charge on any atom is 0.254 e. The van der Waals surface area contributed by atoms with Gasteiger partial charge in [-0.3, -0.25) is 4.55 Å². The Morgan fingerprint density at radius 2 is 1.50 bits per heavy atom. The minimum absolute atomic E-state index is 0.917. The lowest BCUT2D eigenvalue weighted by atomic mass is 10.7. The molecule has 1 N–H and O–H groups in total. The van der Waals surface area contributed by atoms with Crippen LogP contribution in [0.25, 0.3) is 0 Å². The lowest BCUT2D eigenvalue weighted by Crippen LogP contribution is -2.42. The van der Waals surface area contributed by atoms with Gasteiger partial charge in [-0.2, -0.15) is 0 Å². The van der Waals surface area contributed by atoms with Crippen LogP contribution in [0.2, 0.25) is 0 Å². The zero-order chi connectivity index (χ0) is 7.56. The minimum Gasteiger partial charge on any atom is -0.288 e. The fraction of sp³-hybridized carbons (Fsp3) is 1.00. The van der Waals surface area contributed by atoms with Gasteiger partial charge in [0.15, 0.2) is 0 Å². The molecule has 1 saturated heterocycles. The average molecular weight is 166 g/mol. The molecule has 0 unspecified atom stereocenters. The van der Waals surface area contributed by atoms with Crippen LogP contribution < -0.4 is 0 Å². The van der Waals surface area contributed by atoms with Crippen LogP contribution in [-0.2, 0) is 11.0 Å². The van der Waals surface area contributed by atoms with Gasteiger partial charge in [0.2, 0.25) is 0 Å². The second kappa shape index (κ2) is 2.80. The quantitative estimate of drug-likeness (QED) is 0.352. The molecule has 10 heavy (non-hydrogen) atoms. The van der Waals surface area contributed by atoms with E-state index in [4.69, 9.17) is 13.0 Å². The summed E-state index contributed by atoms with van der Waals surface area (Å²) in [7, 11) is -3.12. The van der Waals surface area contributed by atoms with Crippen LogP contribution in [0, 0.1) is 0 Å². The number of rotatable bonds is 0. The monoisotopic (exact) mass is 166 g/mol. The first-order valence-electron chi connectivity index (χ1n) is 2.43. The largest absolute Gasteiger partial charge is 0.288 e. The molecule has 0 aromatic heterocycles. The van der Waals surface area contributed by atoms with Crippen LogP contribution in [0.3, 0.4) is 0 Å². The van der Waals surface area contributed by atoms with Crippen molar-refractivity contribution in [1.29, 1.82) is 0 Å². The fourth-order valence-corrected chi connectivity index (χ4v) is 0.562. The number of thiol groups is 1. The van der Waals surface area contributed by atoms with Crippen molar-refractivity contribution in [2.45, 2.75) is 0 Å². The van der Waals surface area contributed by atoms with E-state index in [1.165, 1.54) is 0 Å². The Labute approximate surface area is 58.7 Å². The summed E-state index contributed by atoms with van der Waals surface area (Å²) in [5, 5.41) is 11.2. The molecule has 8 heteroatoms. The summed E-state index contributed by atoms with van der Waals surface area (Å²) in [5.41, 5.74) is 0. The van der Waals surface area contributed by atoms with Gasteiger partial charge in [-0.1, -0.05) is 0 Å². The van der Waals surface area contributed by atoms with E-state index in [0.717, 1.165) is 13.3 Å². The number of hydrogen-bond donors (Lipinski definition) is 2. The van der Waals surface area contributed by atoms with Crippen molar-refractivity contribution in [2.24, 2.45) is 10.4 Å². The molecule has 0 saturated carbocycles. The van der Waals surface area contributed by atoms with E-state index in [2.05, 4.69) is 10.4 Å². The summed E-state index contributed by atoms with van der Waals surface area (Å²) in [6, 6.07) is 0. The third-order valence-corrected chi connectivity index (χ3v) is 0.946. The molecule has 3 aliphatic rings. The maximum absolute atomic E-state index is 8.59. The zero-order valence-corrected chi connectivity index (χ0v) is 5.81. The lowest BCUT2D eigenvalue weighted by molar-refractivity contribution is 0.0420. The van der Waals surface area contributed by atoms with Crippen molar-refractivity contribution < 1.29 is 13.0 Å². The Bertz CT molecular complexity index is 189. The SMILES string of the molecule is C1N2CN1N=N2.O=[SH](=O)O. The molecule has 1 fully saturated rings. The highest BCUT2D eigenvalue weighted by Crippen LogP contribution is 2.16. The summed E-state index contributed by atoms with van der Waals surface area (Å²) >= 11 is 0. The second-order valence-corrected chi connectivity index (χ2v) is 2.19. The van der Waals surface area contributed by atoms with Crippen molar-refractivity contribution in [3.63, 3.8) is 0 Å². The molecule has 0 aromatic carbocycles. The molecule has 0 radical (unpaired) electrons. The van der Waals surface area contributed by atoms with Crippen LogP contribution in [-0.4, -0.2) is 36.3 Å². The van der Waals surface area contributed by atoms with Crippen molar-refractivity contribution in [2.75, 3.05) is 13.3 Å². The van der Waals surface area contributed by atoms with Gasteiger partial charge in [-0.25, -0.2) is 18.4 Å².